The van der Waals surface area contributed by atoms with Crippen molar-refractivity contribution in [2.75, 3.05) is 24.7 Å². The minimum atomic E-state index is -0.0438. The molecular formula is C18H28N2O2S. The van der Waals surface area contributed by atoms with Crippen LogP contribution < -0.4 is 5.32 Å². The number of aliphatic hydroxyl groups excluding tert-OH is 1. The van der Waals surface area contributed by atoms with E-state index in [1.54, 1.807) is 0 Å². The minimum absolute atomic E-state index is 0.0438. The maximum Gasteiger partial charge on any atom is 0.321 e. The molecule has 0 radical (unpaired) electrons. The molecule has 0 atom stereocenters. The molecule has 1 aliphatic carbocycles. The third-order valence-electron chi connectivity index (χ3n) is 4.59. The second-order valence-corrected chi connectivity index (χ2v) is 7.51. The molecule has 0 heterocycles. The first kappa shape index (κ1) is 18.1. The highest BCUT2D eigenvalue weighted by Crippen LogP contribution is 2.27. The zero-order valence-electron chi connectivity index (χ0n) is 14.1. The fourth-order valence-corrected chi connectivity index (χ4v) is 3.67. The third kappa shape index (κ3) is 5.43. The fourth-order valence-electron chi connectivity index (χ4n) is 3.05. The molecule has 2 N–H and O–H groups in total. The van der Waals surface area contributed by atoms with Crippen LogP contribution >= 0.6 is 11.8 Å². The summed E-state index contributed by atoms with van der Waals surface area (Å²) in [4.78, 5) is 14.3. The van der Waals surface area contributed by atoms with Crippen molar-refractivity contribution >= 4 is 23.5 Å². The summed E-state index contributed by atoms with van der Waals surface area (Å²) in [5.74, 6) is 2.48. The van der Waals surface area contributed by atoms with Gasteiger partial charge in [0.2, 0.25) is 0 Å². The summed E-state index contributed by atoms with van der Waals surface area (Å²) in [6, 6.07) is 8.31. The highest BCUT2D eigenvalue weighted by molar-refractivity contribution is 7.98. The normalized spacial score (nSPS) is 21.0. The Morgan fingerprint density at radius 3 is 2.74 bits per heavy atom. The number of hydrogen-bond donors (Lipinski definition) is 2. The number of anilines is 1. The molecule has 0 aromatic heterocycles. The Kier molecular flexibility index (Phi) is 7.24. The maximum absolute atomic E-state index is 12.4. The molecule has 0 saturated heterocycles. The van der Waals surface area contributed by atoms with Gasteiger partial charge in [0.05, 0.1) is 0 Å². The number of rotatable bonds is 6. The van der Waals surface area contributed by atoms with E-state index in [0.717, 1.165) is 42.9 Å². The molecule has 2 amide bonds. The van der Waals surface area contributed by atoms with Gasteiger partial charge in [0.15, 0.2) is 0 Å². The topological polar surface area (TPSA) is 52.6 Å². The van der Waals surface area contributed by atoms with Crippen molar-refractivity contribution in [2.45, 2.75) is 44.4 Å². The van der Waals surface area contributed by atoms with Crippen molar-refractivity contribution in [1.29, 1.82) is 0 Å². The number of amides is 2. The maximum atomic E-state index is 12.4. The van der Waals surface area contributed by atoms with Crippen molar-refractivity contribution in [3.63, 3.8) is 0 Å². The van der Waals surface area contributed by atoms with Crippen molar-refractivity contribution in [3.8, 4) is 0 Å². The monoisotopic (exact) mass is 336 g/mol. The van der Waals surface area contributed by atoms with Gasteiger partial charge < -0.3 is 15.3 Å². The molecule has 0 aliphatic heterocycles. The number of benzene rings is 1. The van der Waals surface area contributed by atoms with E-state index < -0.39 is 0 Å². The zero-order valence-corrected chi connectivity index (χ0v) is 14.9. The van der Waals surface area contributed by atoms with E-state index >= 15 is 0 Å². The summed E-state index contributed by atoms with van der Waals surface area (Å²) in [6.45, 7) is 2.42. The van der Waals surface area contributed by atoms with Crippen LogP contribution in [0.1, 0.15) is 38.2 Å². The number of aliphatic hydroxyl groups is 1. The first-order valence-corrected chi connectivity index (χ1v) is 9.60. The number of hydrogen-bond acceptors (Lipinski definition) is 3. The van der Waals surface area contributed by atoms with Crippen molar-refractivity contribution < 1.29 is 9.90 Å². The van der Waals surface area contributed by atoms with Crippen LogP contribution in [0.5, 0.6) is 0 Å². The summed E-state index contributed by atoms with van der Waals surface area (Å²) >= 11 is 1.88. The Morgan fingerprint density at radius 1 is 1.35 bits per heavy atom. The minimum Gasteiger partial charge on any atom is -0.396 e. The van der Waals surface area contributed by atoms with Crippen LogP contribution in [0.15, 0.2) is 24.3 Å². The predicted octanol–water partition coefficient (Wildman–Crippen LogP) is 3.95. The van der Waals surface area contributed by atoms with E-state index in [1.807, 2.05) is 35.8 Å². The second kappa shape index (κ2) is 9.18. The molecule has 1 aromatic carbocycles. The van der Waals surface area contributed by atoms with E-state index in [0.29, 0.717) is 5.92 Å². The molecule has 1 aliphatic rings. The van der Waals surface area contributed by atoms with E-state index in [-0.39, 0.29) is 18.7 Å². The van der Waals surface area contributed by atoms with Gasteiger partial charge >= 0.3 is 6.03 Å². The van der Waals surface area contributed by atoms with Crippen LogP contribution in [0.3, 0.4) is 0 Å². The molecular weight excluding hydrogens is 308 g/mol. The number of carbonyl (C=O) groups is 1. The van der Waals surface area contributed by atoms with Gasteiger partial charge in [-0.25, -0.2) is 4.79 Å². The lowest BCUT2D eigenvalue weighted by Gasteiger charge is -2.34. The Hall–Kier alpha value is -1.20. The van der Waals surface area contributed by atoms with Gasteiger partial charge in [0.1, 0.15) is 0 Å². The van der Waals surface area contributed by atoms with Crippen LogP contribution in [-0.4, -0.2) is 41.5 Å². The van der Waals surface area contributed by atoms with E-state index in [2.05, 4.69) is 24.4 Å². The number of urea groups is 1. The molecule has 1 fully saturated rings. The molecule has 0 spiro atoms. The summed E-state index contributed by atoms with van der Waals surface area (Å²) < 4.78 is 0. The number of nitrogens with one attached hydrogen (secondary N) is 1. The molecule has 1 saturated carbocycles. The highest BCUT2D eigenvalue weighted by atomic mass is 32.2. The van der Waals surface area contributed by atoms with Crippen LogP contribution in [0.2, 0.25) is 0 Å². The number of thioether (sulfide) groups is 1. The Labute approximate surface area is 143 Å². The molecule has 5 heteroatoms. The molecule has 0 unspecified atom stereocenters. The first-order chi connectivity index (χ1) is 11.1. The molecule has 1 aromatic rings. The lowest BCUT2D eigenvalue weighted by Crippen LogP contribution is -2.42. The lowest BCUT2D eigenvalue weighted by molar-refractivity contribution is 0.139. The molecule has 128 valence electrons. The van der Waals surface area contributed by atoms with Crippen molar-refractivity contribution in [1.82, 2.24) is 4.90 Å². The van der Waals surface area contributed by atoms with E-state index in [1.165, 1.54) is 5.56 Å². The average molecular weight is 337 g/mol. The van der Waals surface area contributed by atoms with Crippen LogP contribution in [0, 0.1) is 5.92 Å². The zero-order chi connectivity index (χ0) is 16.7. The summed E-state index contributed by atoms with van der Waals surface area (Å²) in [5, 5.41) is 12.2. The quantitative estimate of drug-likeness (QED) is 0.827. The fraction of sp³-hybridized carbons (Fsp3) is 0.611. The second-order valence-electron chi connectivity index (χ2n) is 6.24. The first-order valence-electron chi connectivity index (χ1n) is 8.45. The standard InChI is InChI=1S/C18H28N2O2S/c1-3-23-13-15-5-4-6-16(11-15)19-18(22)20(2)17-9-7-14(12-21)8-10-17/h4-6,11,14,17,21H,3,7-10,12-13H2,1-2H3,(H,19,22). The average Bonchev–Trinajstić information content (AvgIpc) is 2.59. The van der Waals surface area contributed by atoms with Gasteiger partial charge in [-0.1, -0.05) is 19.1 Å². The van der Waals surface area contributed by atoms with Crippen molar-refractivity contribution in [3.05, 3.63) is 29.8 Å². The van der Waals surface area contributed by atoms with Gasteiger partial charge in [-0.05, 0) is 55.1 Å². The lowest BCUT2D eigenvalue weighted by atomic mass is 9.86. The highest BCUT2D eigenvalue weighted by Gasteiger charge is 2.26. The van der Waals surface area contributed by atoms with Gasteiger partial charge in [-0.3, -0.25) is 0 Å². The molecule has 23 heavy (non-hydrogen) atoms. The van der Waals surface area contributed by atoms with Crippen LogP contribution in [0.25, 0.3) is 0 Å². The SMILES string of the molecule is CCSCc1cccc(NC(=O)N(C)C2CCC(CO)CC2)c1. The van der Waals surface area contributed by atoms with E-state index in [4.69, 9.17) is 0 Å². The largest absolute Gasteiger partial charge is 0.396 e. The van der Waals surface area contributed by atoms with Crippen LogP contribution in [-0.2, 0) is 5.75 Å². The predicted molar refractivity (Wildman–Crippen MR) is 97.9 cm³/mol. The molecule has 4 nitrogen and oxygen atoms in total. The van der Waals surface area contributed by atoms with Gasteiger partial charge in [0, 0.05) is 31.1 Å². The molecule has 0 bridgehead atoms. The Balaban J connectivity index is 1.88. The van der Waals surface area contributed by atoms with Gasteiger partial charge in [0.25, 0.3) is 0 Å². The summed E-state index contributed by atoms with van der Waals surface area (Å²) in [6.07, 6.45) is 3.95. The smallest absolute Gasteiger partial charge is 0.321 e. The summed E-state index contributed by atoms with van der Waals surface area (Å²) in [5.41, 5.74) is 2.10. The van der Waals surface area contributed by atoms with E-state index in [9.17, 15) is 9.90 Å². The van der Waals surface area contributed by atoms with Gasteiger partial charge in [-0.2, -0.15) is 11.8 Å². The Morgan fingerprint density at radius 2 is 2.09 bits per heavy atom. The summed E-state index contributed by atoms with van der Waals surface area (Å²) in [7, 11) is 1.87. The van der Waals surface area contributed by atoms with Gasteiger partial charge in [-0.15, -0.1) is 0 Å². The Bertz CT molecular complexity index is 502. The third-order valence-corrected chi connectivity index (χ3v) is 5.54. The number of carbonyl (C=O) groups excluding carboxylic acids is 1. The number of nitrogens with zero attached hydrogens (tertiary/aromatic N) is 1. The van der Waals surface area contributed by atoms with Crippen LogP contribution in [0.4, 0.5) is 10.5 Å². The van der Waals surface area contributed by atoms with Crippen molar-refractivity contribution in [2.24, 2.45) is 5.92 Å². The molecule has 2 rings (SSSR count).